The zero-order valence-electron chi connectivity index (χ0n) is 13.8. The topological polar surface area (TPSA) is 70.7 Å². The molecule has 0 unspecified atom stereocenters. The van der Waals surface area contributed by atoms with Crippen LogP contribution in [0.2, 0.25) is 0 Å². The first-order chi connectivity index (χ1) is 11.6. The van der Waals surface area contributed by atoms with E-state index >= 15 is 0 Å². The molecule has 24 heavy (non-hydrogen) atoms. The van der Waals surface area contributed by atoms with Crippen molar-refractivity contribution in [3.05, 3.63) is 65.2 Å². The van der Waals surface area contributed by atoms with E-state index in [4.69, 9.17) is 5.73 Å². The number of carbonyl (C=O) groups excluding carboxylic acids is 1. The largest absolute Gasteiger partial charge is 0.370 e. The number of nitrogens with one attached hydrogen (secondary N) is 1. The lowest BCUT2D eigenvalue weighted by molar-refractivity contribution is -0.130. The molecule has 5 nitrogen and oxygen atoms in total. The van der Waals surface area contributed by atoms with Crippen molar-refractivity contribution < 1.29 is 4.79 Å². The quantitative estimate of drug-likeness (QED) is 0.673. The van der Waals surface area contributed by atoms with Gasteiger partial charge in [-0.3, -0.25) is 4.79 Å². The molecule has 0 atom stereocenters. The van der Waals surface area contributed by atoms with Gasteiger partial charge < -0.3 is 16.0 Å². The van der Waals surface area contributed by atoms with E-state index in [0.717, 1.165) is 18.7 Å². The molecule has 1 aliphatic heterocycles. The molecule has 0 saturated heterocycles. The summed E-state index contributed by atoms with van der Waals surface area (Å²) in [4.78, 5) is 18.3. The minimum absolute atomic E-state index is 0.00170. The first-order valence-electron chi connectivity index (χ1n) is 8.10. The Labute approximate surface area is 142 Å². The van der Waals surface area contributed by atoms with Crippen LogP contribution >= 0.6 is 0 Å². The molecule has 0 aliphatic carbocycles. The average Bonchev–Trinajstić information content (AvgIpc) is 2.61. The molecule has 2 aromatic rings. The molecule has 1 amide bonds. The number of rotatable bonds is 3. The highest BCUT2D eigenvalue weighted by atomic mass is 16.2. The summed E-state index contributed by atoms with van der Waals surface area (Å²) in [6, 6.07) is 16.1. The standard InChI is InChI=1S/C19H22N4O/c1-14-6-8-17(9-7-14)22-19(20)21-12-18(24)23-11-10-15-4-2-3-5-16(15)13-23/h2-9H,10-13H2,1H3,(H3,20,21,22). The van der Waals surface area contributed by atoms with E-state index in [1.807, 2.05) is 48.2 Å². The highest BCUT2D eigenvalue weighted by molar-refractivity contribution is 5.93. The fraction of sp³-hybridized carbons (Fsp3) is 0.263. The van der Waals surface area contributed by atoms with Crippen LogP contribution in [0, 0.1) is 6.92 Å². The van der Waals surface area contributed by atoms with Gasteiger partial charge in [-0.05, 0) is 36.6 Å². The van der Waals surface area contributed by atoms with Crippen LogP contribution in [0.3, 0.4) is 0 Å². The van der Waals surface area contributed by atoms with Gasteiger partial charge in [0.15, 0.2) is 5.96 Å². The SMILES string of the molecule is Cc1ccc(NC(N)=NCC(=O)N2CCc3ccccc3C2)cc1. The highest BCUT2D eigenvalue weighted by Crippen LogP contribution is 2.18. The van der Waals surface area contributed by atoms with Crippen LogP contribution in [0.15, 0.2) is 53.5 Å². The Morgan fingerprint density at radius 3 is 2.62 bits per heavy atom. The second-order valence-electron chi connectivity index (χ2n) is 6.03. The average molecular weight is 322 g/mol. The normalized spacial score (nSPS) is 14.2. The Morgan fingerprint density at radius 1 is 1.17 bits per heavy atom. The van der Waals surface area contributed by atoms with Gasteiger partial charge in [0.25, 0.3) is 0 Å². The third-order valence-electron chi connectivity index (χ3n) is 4.19. The number of nitrogens with zero attached hydrogens (tertiary/aromatic N) is 2. The number of aryl methyl sites for hydroxylation is 1. The van der Waals surface area contributed by atoms with Crippen molar-refractivity contribution in [3.63, 3.8) is 0 Å². The van der Waals surface area contributed by atoms with E-state index in [9.17, 15) is 4.79 Å². The van der Waals surface area contributed by atoms with Gasteiger partial charge in [-0.2, -0.15) is 0 Å². The Hall–Kier alpha value is -2.82. The highest BCUT2D eigenvalue weighted by Gasteiger charge is 2.19. The van der Waals surface area contributed by atoms with Crippen molar-refractivity contribution >= 4 is 17.6 Å². The predicted molar refractivity (Wildman–Crippen MR) is 96.9 cm³/mol. The predicted octanol–water partition coefficient (Wildman–Crippen LogP) is 2.31. The van der Waals surface area contributed by atoms with E-state index in [1.165, 1.54) is 16.7 Å². The number of carbonyl (C=O) groups is 1. The van der Waals surface area contributed by atoms with E-state index in [-0.39, 0.29) is 18.4 Å². The Morgan fingerprint density at radius 2 is 1.88 bits per heavy atom. The second kappa shape index (κ2) is 7.17. The number of anilines is 1. The van der Waals surface area contributed by atoms with E-state index in [1.54, 1.807) is 0 Å². The molecule has 0 saturated carbocycles. The molecule has 3 N–H and O–H groups in total. The van der Waals surface area contributed by atoms with E-state index in [2.05, 4.69) is 22.4 Å². The lowest BCUT2D eigenvalue weighted by atomic mass is 10.00. The monoisotopic (exact) mass is 322 g/mol. The number of amides is 1. The number of fused-ring (bicyclic) bond motifs is 1. The number of hydrogen-bond donors (Lipinski definition) is 2. The summed E-state index contributed by atoms with van der Waals surface area (Å²) in [5.74, 6) is 0.253. The van der Waals surface area contributed by atoms with Crippen molar-refractivity contribution in [2.75, 3.05) is 18.4 Å². The third-order valence-corrected chi connectivity index (χ3v) is 4.19. The minimum atomic E-state index is -0.00170. The summed E-state index contributed by atoms with van der Waals surface area (Å²) in [6.45, 7) is 3.47. The van der Waals surface area contributed by atoms with Crippen LogP contribution < -0.4 is 11.1 Å². The molecule has 2 aromatic carbocycles. The minimum Gasteiger partial charge on any atom is -0.370 e. The van der Waals surface area contributed by atoms with Crippen molar-refractivity contribution in [1.29, 1.82) is 0 Å². The number of aliphatic imine (C=N–C) groups is 1. The fourth-order valence-corrected chi connectivity index (χ4v) is 2.79. The van der Waals surface area contributed by atoms with Gasteiger partial charge in [0.05, 0.1) is 0 Å². The Kier molecular flexibility index (Phi) is 4.79. The number of benzene rings is 2. The molecule has 0 spiro atoms. The molecular weight excluding hydrogens is 300 g/mol. The zero-order chi connectivity index (χ0) is 16.9. The van der Waals surface area contributed by atoms with Crippen molar-refractivity contribution in [2.24, 2.45) is 10.7 Å². The molecule has 0 aromatic heterocycles. The summed E-state index contributed by atoms with van der Waals surface area (Å²) < 4.78 is 0. The second-order valence-corrected chi connectivity index (χ2v) is 6.03. The smallest absolute Gasteiger partial charge is 0.244 e. The van der Waals surface area contributed by atoms with Crippen molar-refractivity contribution in [1.82, 2.24) is 4.90 Å². The third kappa shape index (κ3) is 3.93. The van der Waals surface area contributed by atoms with Crippen LogP contribution in [0.25, 0.3) is 0 Å². The van der Waals surface area contributed by atoms with Crippen LogP contribution in [0.4, 0.5) is 5.69 Å². The van der Waals surface area contributed by atoms with Crippen molar-refractivity contribution in [3.8, 4) is 0 Å². The maximum absolute atomic E-state index is 12.3. The van der Waals surface area contributed by atoms with Gasteiger partial charge in [0.1, 0.15) is 6.54 Å². The maximum atomic E-state index is 12.3. The van der Waals surface area contributed by atoms with Gasteiger partial charge in [0.2, 0.25) is 5.91 Å². The van der Waals surface area contributed by atoms with Gasteiger partial charge in [-0.25, -0.2) is 4.99 Å². The summed E-state index contributed by atoms with van der Waals surface area (Å²) >= 11 is 0. The van der Waals surface area contributed by atoms with Crippen LogP contribution in [0.1, 0.15) is 16.7 Å². The van der Waals surface area contributed by atoms with Crippen LogP contribution in [-0.4, -0.2) is 29.9 Å². The molecule has 124 valence electrons. The molecule has 1 aliphatic rings. The maximum Gasteiger partial charge on any atom is 0.244 e. The first-order valence-corrected chi connectivity index (χ1v) is 8.10. The van der Waals surface area contributed by atoms with Gasteiger partial charge in [-0.1, -0.05) is 42.0 Å². The van der Waals surface area contributed by atoms with Crippen molar-refractivity contribution in [2.45, 2.75) is 19.9 Å². The van der Waals surface area contributed by atoms with Gasteiger partial charge in [0, 0.05) is 18.8 Å². The molecule has 5 heteroatoms. The fourth-order valence-electron chi connectivity index (χ4n) is 2.79. The molecular formula is C19H22N4O. The number of nitrogens with two attached hydrogens (primary N) is 1. The molecule has 3 rings (SSSR count). The summed E-state index contributed by atoms with van der Waals surface area (Å²) in [5, 5.41) is 3.00. The molecule has 0 bridgehead atoms. The summed E-state index contributed by atoms with van der Waals surface area (Å²) in [7, 11) is 0. The Balaban J connectivity index is 1.56. The van der Waals surface area contributed by atoms with Crippen LogP contribution in [0.5, 0.6) is 0 Å². The number of guanidine groups is 1. The Bertz CT molecular complexity index is 752. The van der Waals surface area contributed by atoms with Gasteiger partial charge in [-0.15, -0.1) is 0 Å². The van der Waals surface area contributed by atoms with Crippen LogP contribution in [-0.2, 0) is 17.8 Å². The van der Waals surface area contributed by atoms with Gasteiger partial charge >= 0.3 is 0 Å². The zero-order valence-corrected chi connectivity index (χ0v) is 13.8. The summed E-state index contributed by atoms with van der Waals surface area (Å²) in [5.41, 5.74) is 10.4. The first kappa shape index (κ1) is 16.1. The molecule has 0 fully saturated rings. The number of hydrogen-bond acceptors (Lipinski definition) is 2. The molecule has 0 radical (unpaired) electrons. The summed E-state index contributed by atoms with van der Waals surface area (Å²) in [6.07, 6.45) is 0.892. The van der Waals surface area contributed by atoms with E-state index in [0.29, 0.717) is 6.54 Å². The lowest BCUT2D eigenvalue weighted by Crippen LogP contribution is -2.38. The van der Waals surface area contributed by atoms with E-state index < -0.39 is 0 Å². The lowest BCUT2D eigenvalue weighted by Gasteiger charge is -2.28. The molecule has 1 heterocycles.